The van der Waals surface area contributed by atoms with Gasteiger partial charge in [-0.05, 0) is 167 Å². The fourth-order valence-corrected chi connectivity index (χ4v) is 11.7. The van der Waals surface area contributed by atoms with Crippen LogP contribution in [0.15, 0.2) is 164 Å². The summed E-state index contributed by atoms with van der Waals surface area (Å²) in [6, 6.07) is 49.4. The number of ketones is 3. The number of carbonyl (C=O) groups is 6. The van der Waals surface area contributed by atoms with Crippen molar-refractivity contribution in [1.82, 2.24) is 0 Å². The first-order valence-corrected chi connectivity index (χ1v) is 35.6. The summed E-state index contributed by atoms with van der Waals surface area (Å²) in [5.41, 5.74) is 7.33. The van der Waals surface area contributed by atoms with Gasteiger partial charge in [-0.1, -0.05) is 208 Å². The maximum absolute atomic E-state index is 13.5. The maximum atomic E-state index is 13.5. The highest BCUT2D eigenvalue weighted by molar-refractivity contribution is 6.11. The summed E-state index contributed by atoms with van der Waals surface area (Å²) in [5, 5.41) is 0. The largest absolute Gasteiger partial charge is 0.494 e. The first kappa shape index (κ1) is 74.8. The zero-order valence-electron chi connectivity index (χ0n) is 57.3. The molecule has 12 nitrogen and oxygen atoms in total. The van der Waals surface area contributed by atoms with Gasteiger partial charge in [0, 0.05) is 33.4 Å². The number of hydrogen-bond donors (Lipinski definition) is 0. The number of unbranched alkanes of at least 4 members (excludes halogenated alkanes) is 24. The van der Waals surface area contributed by atoms with Crippen molar-refractivity contribution in [1.29, 1.82) is 0 Å². The molecule has 0 atom stereocenters. The monoisotopic (exact) mass is 1300 g/mol. The lowest BCUT2D eigenvalue weighted by Crippen LogP contribution is -2.14. The van der Waals surface area contributed by atoms with Gasteiger partial charge in [0.1, 0.15) is 17.2 Å². The van der Waals surface area contributed by atoms with Gasteiger partial charge in [-0.3, -0.25) is 14.4 Å². The van der Waals surface area contributed by atoms with Crippen LogP contribution in [0.2, 0.25) is 0 Å². The molecule has 0 radical (unpaired) electrons. The minimum atomic E-state index is -0.597. The Balaban J connectivity index is 0.737. The summed E-state index contributed by atoms with van der Waals surface area (Å²) in [6.45, 7) is 8.45. The molecule has 0 aromatic heterocycles. The molecule has 0 aliphatic carbocycles. The van der Waals surface area contributed by atoms with Gasteiger partial charge < -0.3 is 28.4 Å². The van der Waals surface area contributed by atoms with Gasteiger partial charge in [-0.15, -0.1) is 0 Å². The van der Waals surface area contributed by atoms with Crippen molar-refractivity contribution >= 4 is 35.3 Å². The predicted molar refractivity (Wildman–Crippen MR) is 382 cm³/mol. The van der Waals surface area contributed by atoms with Crippen LogP contribution in [-0.4, -0.2) is 74.9 Å². The van der Waals surface area contributed by atoms with Crippen LogP contribution in [0.5, 0.6) is 17.2 Å². The number of hydrogen-bond acceptors (Lipinski definition) is 12. The van der Waals surface area contributed by atoms with E-state index >= 15 is 0 Å². The Morgan fingerprint density at radius 2 is 0.427 bits per heavy atom. The van der Waals surface area contributed by atoms with E-state index in [4.69, 9.17) is 28.4 Å². The third-order valence-electron chi connectivity index (χ3n) is 17.5. The molecule has 12 heteroatoms. The first-order valence-electron chi connectivity index (χ1n) is 35.6. The Hall–Kier alpha value is -8.64. The molecule has 0 amide bonds. The second kappa shape index (κ2) is 43.4. The van der Waals surface area contributed by atoms with Crippen molar-refractivity contribution in [2.24, 2.45) is 0 Å². The van der Waals surface area contributed by atoms with E-state index in [0.29, 0.717) is 72.5 Å². The van der Waals surface area contributed by atoms with Crippen molar-refractivity contribution < 1.29 is 57.2 Å². The fraction of sp³-hybridized carbons (Fsp3) is 0.429. The summed E-state index contributed by atoms with van der Waals surface area (Å²) in [7, 11) is 0. The topological polar surface area (TPSA) is 158 Å². The number of benzene rings is 7. The average molecular weight is 1300 g/mol. The molecule has 0 aliphatic rings. The van der Waals surface area contributed by atoms with E-state index in [1.165, 1.54) is 18.2 Å². The predicted octanol–water partition coefficient (Wildman–Crippen LogP) is 20.5. The van der Waals surface area contributed by atoms with Gasteiger partial charge in [-0.25, -0.2) is 14.4 Å². The van der Waals surface area contributed by atoms with Gasteiger partial charge in [0.2, 0.25) is 0 Å². The molecule has 0 fully saturated rings. The van der Waals surface area contributed by atoms with Crippen LogP contribution in [0.4, 0.5) is 0 Å². The highest BCUT2D eigenvalue weighted by Crippen LogP contribution is 2.24. The Kier molecular flexibility index (Phi) is 33.8. The van der Waals surface area contributed by atoms with Crippen molar-refractivity contribution in [3.05, 3.63) is 231 Å². The molecular formula is C84H102O12. The molecular weight excluding hydrogens is 1200 g/mol. The summed E-state index contributed by atoms with van der Waals surface area (Å²) in [5.74, 6) is 0.558. The molecule has 0 heterocycles. The summed E-state index contributed by atoms with van der Waals surface area (Å²) in [6.07, 6.45) is 27.7. The first-order chi connectivity index (χ1) is 46.9. The highest BCUT2D eigenvalue weighted by Gasteiger charge is 2.20. The van der Waals surface area contributed by atoms with Crippen LogP contribution in [0, 0.1) is 20.8 Å². The number of aryl methyl sites for hydroxylation is 3. The maximum Gasteiger partial charge on any atom is 0.338 e. The van der Waals surface area contributed by atoms with E-state index in [1.807, 2.05) is 166 Å². The fourth-order valence-electron chi connectivity index (χ4n) is 11.7. The Morgan fingerprint density at radius 1 is 0.229 bits per heavy atom. The van der Waals surface area contributed by atoms with Crippen molar-refractivity contribution in [2.45, 2.75) is 194 Å². The van der Waals surface area contributed by atoms with E-state index in [-0.39, 0.29) is 53.9 Å². The zero-order valence-corrected chi connectivity index (χ0v) is 57.3. The molecule has 96 heavy (non-hydrogen) atoms. The normalized spacial score (nSPS) is 11.0. The van der Waals surface area contributed by atoms with E-state index in [0.717, 1.165) is 188 Å². The van der Waals surface area contributed by atoms with Gasteiger partial charge in [0.15, 0.2) is 17.3 Å². The van der Waals surface area contributed by atoms with Crippen LogP contribution in [0.25, 0.3) is 0 Å². The second-order valence-electron chi connectivity index (χ2n) is 25.3. The van der Waals surface area contributed by atoms with E-state index < -0.39 is 17.9 Å². The Bertz CT molecular complexity index is 3100. The molecule has 7 aromatic rings. The van der Waals surface area contributed by atoms with Crippen molar-refractivity contribution in [2.75, 3.05) is 39.6 Å². The SMILES string of the molecule is Cc1ccccc1C(=O)c1ccc(OCCCCCCCCCCCOC(=O)c2cc(C(=O)OCCCCCCCCCCCOc3ccc(C(=O)c4ccccc4C)cc3)cc(C(=O)OCCCCCCCCCCCOc3ccc(C(=O)c4ccccc4C)cc3)c2)cc1. The lowest BCUT2D eigenvalue weighted by atomic mass is 9.99. The second-order valence-corrected chi connectivity index (χ2v) is 25.3. The standard InChI is InChI=1S/C84H102O12/c1-64-37-25-28-40-76(64)79(85)67-43-49-73(50-44-67)91-55-31-19-13-7-4-10-16-22-34-58-94-82(88)70-61-71(83(89)95-59-35-23-17-11-5-8-14-20-32-56-92-74-51-45-68(46-52-74)80(86)77-41-29-26-38-65(77)2)63-72(62-70)84(90)96-60-36-24-18-12-6-9-15-21-33-57-93-75-53-47-69(48-54-75)81(87)78-42-30-27-39-66(78)3/h25-30,37-54,61-63H,4-24,31-36,55-60H2,1-3H3. The van der Waals surface area contributed by atoms with Gasteiger partial charge in [-0.2, -0.15) is 0 Å². The minimum absolute atomic E-state index is 0.0157. The van der Waals surface area contributed by atoms with Crippen LogP contribution < -0.4 is 14.2 Å². The molecule has 0 unspecified atom stereocenters. The summed E-state index contributed by atoms with van der Waals surface area (Å²) in [4.78, 5) is 79.2. The van der Waals surface area contributed by atoms with Gasteiger partial charge >= 0.3 is 17.9 Å². The van der Waals surface area contributed by atoms with Crippen molar-refractivity contribution in [3.8, 4) is 17.2 Å². The molecule has 7 rings (SSSR count). The van der Waals surface area contributed by atoms with E-state index in [2.05, 4.69) is 0 Å². The van der Waals surface area contributed by atoms with Crippen LogP contribution in [0.3, 0.4) is 0 Å². The molecule has 0 saturated carbocycles. The van der Waals surface area contributed by atoms with Crippen LogP contribution in [0.1, 0.15) is 269 Å². The molecule has 510 valence electrons. The minimum Gasteiger partial charge on any atom is -0.494 e. The molecule has 0 spiro atoms. The quantitative estimate of drug-likeness (QED) is 0.0154. The average Bonchev–Trinajstić information content (AvgIpc) is 1.01. The molecule has 0 saturated heterocycles. The zero-order chi connectivity index (χ0) is 67.8. The summed E-state index contributed by atoms with van der Waals surface area (Å²) >= 11 is 0. The Morgan fingerprint density at radius 3 is 0.646 bits per heavy atom. The third-order valence-corrected chi connectivity index (χ3v) is 17.5. The summed E-state index contributed by atoms with van der Waals surface area (Å²) < 4.78 is 34.9. The molecule has 7 aromatic carbocycles. The Labute approximate surface area is 571 Å². The van der Waals surface area contributed by atoms with Gasteiger partial charge in [0.05, 0.1) is 56.3 Å². The molecule has 0 N–H and O–H groups in total. The van der Waals surface area contributed by atoms with Gasteiger partial charge in [0.25, 0.3) is 0 Å². The van der Waals surface area contributed by atoms with Crippen LogP contribution in [-0.2, 0) is 14.2 Å². The number of carbonyl (C=O) groups excluding carboxylic acids is 6. The van der Waals surface area contributed by atoms with Crippen molar-refractivity contribution in [3.63, 3.8) is 0 Å². The third kappa shape index (κ3) is 26.9. The smallest absolute Gasteiger partial charge is 0.338 e. The molecule has 0 bridgehead atoms. The van der Waals surface area contributed by atoms with Crippen LogP contribution >= 0.6 is 0 Å². The number of esters is 3. The number of rotatable bonds is 48. The number of ether oxygens (including phenoxy) is 6. The highest BCUT2D eigenvalue weighted by atomic mass is 16.5. The van der Waals surface area contributed by atoms with E-state index in [1.54, 1.807) is 0 Å². The van der Waals surface area contributed by atoms with E-state index in [9.17, 15) is 28.8 Å². The molecule has 0 aliphatic heterocycles. The lowest BCUT2D eigenvalue weighted by molar-refractivity contribution is 0.0493. The lowest BCUT2D eigenvalue weighted by Gasteiger charge is -2.11.